The van der Waals surface area contributed by atoms with E-state index in [-0.39, 0.29) is 17.6 Å². The normalized spacial score (nSPS) is 14.1. The number of carbonyl (C=O) groups is 1. The lowest BCUT2D eigenvalue weighted by molar-refractivity contribution is 0.0955. The molecule has 1 aliphatic rings. The fraction of sp³-hybridized carbons (Fsp3) is 0.261. The van der Waals surface area contributed by atoms with E-state index in [2.05, 4.69) is 19.2 Å². The summed E-state index contributed by atoms with van der Waals surface area (Å²) >= 11 is 1.35. The first-order valence-electron chi connectivity index (χ1n) is 9.69. The van der Waals surface area contributed by atoms with E-state index in [4.69, 9.17) is 4.74 Å². The number of hydrogen-bond donors (Lipinski definition) is 1. The highest BCUT2D eigenvalue weighted by molar-refractivity contribution is 7.91. The molecule has 156 valence electrons. The van der Waals surface area contributed by atoms with Crippen LogP contribution < -0.4 is 10.1 Å². The van der Waals surface area contributed by atoms with Crippen LogP contribution >= 0.6 is 11.3 Å². The number of amides is 1. The van der Waals surface area contributed by atoms with Gasteiger partial charge in [-0.1, -0.05) is 32.0 Å². The predicted molar refractivity (Wildman–Crippen MR) is 119 cm³/mol. The third-order valence-corrected chi connectivity index (χ3v) is 8.14. The van der Waals surface area contributed by atoms with Crippen LogP contribution in [0.15, 0.2) is 53.4 Å². The maximum absolute atomic E-state index is 12.8. The molecule has 0 radical (unpaired) electrons. The molecule has 0 saturated carbocycles. The van der Waals surface area contributed by atoms with E-state index < -0.39 is 9.84 Å². The molecular formula is C23H23NO4S2. The molecule has 0 saturated heterocycles. The summed E-state index contributed by atoms with van der Waals surface area (Å²) in [5, 5.41) is 2.92. The van der Waals surface area contributed by atoms with Gasteiger partial charge in [-0.25, -0.2) is 8.42 Å². The van der Waals surface area contributed by atoms with Crippen LogP contribution in [0.2, 0.25) is 0 Å². The van der Waals surface area contributed by atoms with Crippen LogP contribution in [-0.4, -0.2) is 21.4 Å². The number of nitrogens with one attached hydrogen (secondary N) is 1. The van der Waals surface area contributed by atoms with E-state index in [1.54, 1.807) is 19.2 Å². The molecular weight excluding hydrogens is 418 g/mol. The molecule has 1 amide bonds. The Morgan fingerprint density at radius 2 is 1.97 bits per heavy atom. The van der Waals surface area contributed by atoms with E-state index in [1.807, 2.05) is 36.4 Å². The summed E-state index contributed by atoms with van der Waals surface area (Å²) < 4.78 is 30.7. The highest BCUT2D eigenvalue weighted by Crippen LogP contribution is 2.43. The molecule has 0 aliphatic carbocycles. The number of carbonyl (C=O) groups excluding carboxylic acids is 1. The number of sulfone groups is 1. The number of ether oxygens (including phenoxy) is 1. The molecule has 1 aromatic heterocycles. The fourth-order valence-corrected chi connectivity index (χ4v) is 6.41. The number of methoxy groups -OCH3 is 1. The minimum Gasteiger partial charge on any atom is -0.497 e. The van der Waals surface area contributed by atoms with Crippen LogP contribution in [0.3, 0.4) is 0 Å². The Balaban J connectivity index is 1.63. The van der Waals surface area contributed by atoms with Crippen LogP contribution in [0, 0.1) is 0 Å². The van der Waals surface area contributed by atoms with Crippen LogP contribution in [0.25, 0.3) is 10.4 Å². The van der Waals surface area contributed by atoms with Gasteiger partial charge in [-0.15, -0.1) is 11.3 Å². The molecule has 3 aromatic rings. The second kappa shape index (κ2) is 7.89. The second-order valence-electron chi connectivity index (χ2n) is 7.67. The van der Waals surface area contributed by atoms with Crippen LogP contribution in [0.5, 0.6) is 5.75 Å². The molecule has 7 heteroatoms. The summed E-state index contributed by atoms with van der Waals surface area (Å²) in [6.45, 7) is 4.52. The molecule has 0 spiro atoms. The predicted octanol–water partition coefficient (Wildman–Crippen LogP) is 4.76. The minimum atomic E-state index is -3.41. The third-order valence-electron chi connectivity index (χ3n) is 5.22. The first-order valence-corrected chi connectivity index (χ1v) is 12.2. The lowest BCUT2D eigenvalue weighted by Crippen LogP contribution is -2.21. The molecule has 0 unspecified atom stereocenters. The van der Waals surface area contributed by atoms with E-state index >= 15 is 0 Å². The average molecular weight is 442 g/mol. The molecule has 30 heavy (non-hydrogen) atoms. The Hall–Kier alpha value is -2.64. The van der Waals surface area contributed by atoms with Crippen molar-refractivity contribution in [2.75, 3.05) is 7.11 Å². The molecule has 5 nitrogen and oxygen atoms in total. The lowest BCUT2D eigenvalue weighted by Gasteiger charge is -2.18. The van der Waals surface area contributed by atoms with Gasteiger partial charge in [0.2, 0.25) is 0 Å². The fourth-order valence-electron chi connectivity index (χ4n) is 3.57. The highest BCUT2D eigenvalue weighted by Gasteiger charge is 2.31. The van der Waals surface area contributed by atoms with Crippen LogP contribution in [0.4, 0.5) is 0 Å². The Morgan fingerprint density at radius 3 is 2.70 bits per heavy atom. The Kier molecular flexibility index (Phi) is 5.42. The van der Waals surface area contributed by atoms with Crippen LogP contribution in [0.1, 0.15) is 46.1 Å². The van der Waals surface area contributed by atoms with Gasteiger partial charge in [0.25, 0.3) is 5.91 Å². The standard InChI is InChI=1S/C23H23NO4S2/c1-14(2)16-7-8-21-19(10-16)22-17(13-30(21,26)27)11-20(29-22)23(25)24-12-15-5-4-6-18(9-15)28-3/h4-11,14H,12-13H2,1-3H3,(H,24,25). The van der Waals surface area contributed by atoms with Crippen molar-refractivity contribution in [3.05, 3.63) is 70.1 Å². The minimum absolute atomic E-state index is 0.0734. The number of hydrogen-bond acceptors (Lipinski definition) is 5. The molecule has 1 N–H and O–H groups in total. The van der Waals surface area contributed by atoms with Crippen molar-refractivity contribution in [3.8, 4) is 16.2 Å². The van der Waals surface area contributed by atoms with E-state index in [9.17, 15) is 13.2 Å². The summed E-state index contributed by atoms with van der Waals surface area (Å²) in [5.74, 6) is 0.733. The summed E-state index contributed by atoms with van der Waals surface area (Å²) in [5.41, 5.74) is 3.41. The molecule has 0 bridgehead atoms. The maximum atomic E-state index is 12.8. The van der Waals surface area contributed by atoms with E-state index in [1.165, 1.54) is 11.3 Å². The zero-order valence-electron chi connectivity index (χ0n) is 17.1. The van der Waals surface area contributed by atoms with Crippen LogP contribution in [-0.2, 0) is 22.1 Å². The topological polar surface area (TPSA) is 72.5 Å². The Morgan fingerprint density at radius 1 is 1.17 bits per heavy atom. The molecule has 0 fully saturated rings. The van der Waals surface area contributed by atoms with Crippen molar-refractivity contribution in [1.29, 1.82) is 0 Å². The van der Waals surface area contributed by atoms with Gasteiger partial charge in [-0.2, -0.15) is 0 Å². The van der Waals surface area contributed by atoms with Gasteiger partial charge >= 0.3 is 0 Å². The van der Waals surface area contributed by atoms with Gasteiger partial charge < -0.3 is 10.1 Å². The van der Waals surface area contributed by atoms with E-state index in [0.717, 1.165) is 21.8 Å². The molecule has 4 rings (SSSR count). The highest BCUT2D eigenvalue weighted by atomic mass is 32.2. The van der Waals surface area contributed by atoms with E-state index in [0.29, 0.717) is 27.4 Å². The van der Waals surface area contributed by atoms with Gasteiger partial charge in [-0.05, 0) is 52.9 Å². The monoisotopic (exact) mass is 441 g/mol. The van der Waals surface area contributed by atoms with Gasteiger partial charge in [0.15, 0.2) is 9.84 Å². The number of fused-ring (bicyclic) bond motifs is 3. The van der Waals surface area contributed by atoms with Crippen molar-refractivity contribution in [2.45, 2.75) is 37.0 Å². The summed E-state index contributed by atoms with van der Waals surface area (Å²) in [4.78, 5) is 14.5. The zero-order chi connectivity index (χ0) is 21.5. The number of benzene rings is 2. The van der Waals surface area contributed by atoms with Crippen molar-refractivity contribution >= 4 is 27.1 Å². The summed E-state index contributed by atoms with van der Waals surface area (Å²) in [7, 11) is -1.81. The smallest absolute Gasteiger partial charge is 0.261 e. The average Bonchev–Trinajstić information content (AvgIpc) is 3.15. The quantitative estimate of drug-likeness (QED) is 0.619. The van der Waals surface area contributed by atoms with Gasteiger partial charge in [0.05, 0.1) is 22.6 Å². The van der Waals surface area contributed by atoms with Gasteiger partial charge in [0.1, 0.15) is 5.75 Å². The number of rotatable bonds is 5. The first-order chi connectivity index (χ1) is 14.3. The Labute approximate surface area is 180 Å². The van der Waals surface area contributed by atoms with Crippen molar-refractivity contribution < 1.29 is 17.9 Å². The van der Waals surface area contributed by atoms with Gasteiger partial charge in [-0.3, -0.25) is 4.79 Å². The first kappa shape index (κ1) is 20.6. The molecule has 0 atom stereocenters. The summed E-state index contributed by atoms with van der Waals surface area (Å²) in [6.07, 6.45) is 0. The zero-order valence-corrected chi connectivity index (χ0v) is 18.7. The Bertz CT molecular complexity index is 1230. The SMILES string of the molecule is COc1cccc(CNC(=O)c2cc3c(s2)-c2cc(C(C)C)ccc2S(=O)(=O)C3)c1. The summed E-state index contributed by atoms with van der Waals surface area (Å²) in [6, 6.07) is 14.7. The number of thiophene rings is 1. The van der Waals surface area contributed by atoms with Crippen molar-refractivity contribution in [3.63, 3.8) is 0 Å². The molecule has 2 heterocycles. The molecule has 1 aliphatic heterocycles. The van der Waals surface area contributed by atoms with Crippen molar-refractivity contribution in [2.24, 2.45) is 0 Å². The largest absolute Gasteiger partial charge is 0.497 e. The second-order valence-corrected chi connectivity index (χ2v) is 10.7. The lowest BCUT2D eigenvalue weighted by atomic mass is 9.99. The van der Waals surface area contributed by atoms with Crippen molar-refractivity contribution in [1.82, 2.24) is 5.32 Å². The third kappa shape index (κ3) is 3.87. The maximum Gasteiger partial charge on any atom is 0.261 e. The van der Waals surface area contributed by atoms with Gasteiger partial charge in [0, 0.05) is 17.0 Å². The molecule has 2 aromatic carbocycles.